The molecule has 0 spiro atoms. The number of piperidine rings is 1. The molecule has 4 heterocycles. The molecule has 3 saturated heterocycles. The predicted molar refractivity (Wildman–Crippen MR) is 104 cm³/mol. The van der Waals surface area contributed by atoms with Gasteiger partial charge in [0.05, 0.1) is 5.60 Å². The second kappa shape index (κ2) is 6.90. The van der Waals surface area contributed by atoms with Crippen molar-refractivity contribution in [2.45, 2.75) is 44.0 Å². The van der Waals surface area contributed by atoms with E-state index >= 15 is 0 Å². The monoisotopic (exact) mass is 398 g/mol. The van der Waals surface area contributed by atoms with E-state index in [0.717, 1.165) is 43.8 Å². The molecule has 0 aliphatic carbocycles. The molecule has 3 amide bonds. The second-order valence-electron chi connectivity index (χ2n) is 8.62. The number of nitrogens with two attached hydrogens (primary N) is 1. The molecule has 8 heteroatoms. The third-order valence-corrected chi connectivity index (χ3v) is 6.99. The Morgan fingerprint density at radius 3 is 2.86 bits per heavy atom. The Morgan fingerprint density at radius 2 is 2.10 bits per heavy atom. The molecule has 29 heavy (non-hydrogen) atoms. The molecule has 1 unspecified atom stereocenters. The van der Waals surface area contributed by atoms with Gasteiger partial charge in [0.1, 0.15) is 6.04 Å². The van der Waals surface area contributed by atoms with Crippen LogP contribution < -0.4 is 11.1 Å². The number of nitrogens with one attached hydrogen (secondary N) is 1. The van der Waals surface area contributed by atoms with E-state index in [-0.39, 0.29) is 29.7 Å². The molecule has 4 aliphatic heterocycles. The summed E-state index contributed by atoms with van der Waals surface area (Å²) in [6.07, 6.45) is 1.69. The fraction of sp³-hybridized carbons (Fsp3) is 0.571. The van der Waals surface area contributed by atoms with Crippen LogP contribution in [0.3, 0.4) is 0 Å². The number of benzene rings is 1. The van der Waals surface area contributed by atoms with Crippen molar-refractivity contribution in [3.05, 3.63) is 34.9 Å². The summed E-state index contributed by atoms with van der Waals surface area (Å²) in [4.78, 5) is 40.7. The Bertz CT molecular complexity index is 887. The molecule has 3 N–H and O–H groups in total. The van der Waals surface area contributed by atoms with E-state index < -0.39 is 6.04 Å². The lowest BCUT2D eigenvalue weighted by Gasteiger charge is -2.29. The van der Waals surface area contributed by atoms with E-state index in [0.29, 0.717) is 31.0 Å². The lowest BCUT2D eigenvalue weighted by atomic mass is 9.91. The molecule has 4 aliphatic rings. The predicted octanol–water partition coefficient (Wildman–Crippen LogP) is -0.00280. The number of likely N-dealkylation sites (tertiary alicyclic amines) is 1. The van der Waals surface area contributed by atoms with Crippen molar-refractivity contribution in [3.63, 3.8) is 0 Å². The van der Waals surface area contributed by atoms with Gasteiger partial charge in [0.2, 0.25) is 11.8 Å². The second-order valence-corrected chi connectivity index (χ2v) is 8.62. The molecule has 1 aromatic carbocycles. The molecule has 154 valence electrons. The first-order valence-corrected chi connectivity index (χ1v) is 10.3. The van der Waals surface area contributed by atoms with Gasteiger partial charge in [-0.25, -0.2) is 0 Å². The number of carbonyl (C=O) groups is 3. The van der Waals surface area contributed by atoms with Crippen LogP contribution in [0.25, 0.3) is 0 Å². The van der Waals surface area contributed by atoms with Gasteiger partial charge in [-0.2, -0.15) is 0 Å². The Hall–Kier alpha value is -2.29. The minimum absolute atomic E-state index is 0.128. The van der Waals surface area contributed by atoms with Crippen LogP contribution in [-0.2, 0) is 27.4 Å². The number of hydrogen-bond donors (Lipinski definition) is 2. The summed E-state index contributed by atoms with van der Waals surface area (Å²) in [7, 11) is 0. The minimum atomic E-state index is -0.583. The minimum Gasteiger partial charge on any atom is -0.372 e. The summed E-state index contributed by atoms with van der Waals surface area (Å²) in [5.74, 6) is -0.313. The molecular weight excluding hydrogens is 372 g/mol. The molecule has 0 saturated carbocycles. The summed E-state index contributed by atoms with van der Waals surface area (Å²) in [6.45, 7) is 4.22. The van der Waals surface area contributed by atoms with Crippen molar-refractivity contribution in [1.29, 1.82) is 0 Å². The van der Waals surface area contributed by atoms with E-state index in [9.17, 15) is 14.4 Å². The number of ether oxygens (including phenoxy) is 1. The Balaban J connectivity index is 1.35. The largest absolute Gasteiger partial charge is 0.372 e. The maximum absolute atomic E-state index is 13.0. The Morgan fingerprint density at radius 1 is 1.24 bits per heavy atom. The summed E-state index contributed by atoms with van der Waals surface area (Å²) in [6, 6.07) is 5.22. The van der Waals surface area contributed by atoms with E-state index in [1.807, 2.05) is 12.1 Å². The summed E-state index contributed by atoms with van der Waals surface area (Å²) in [5.41, 5.74) is 8.56. The fourth-order valence-electron chi connectivity index (χ4n) is 5.42. The smallest absolute Gasteiger partial charge is 0.255 e. The van der Waals surface area contributed by atoms with Crippen LogP contribution in [0.1, 0.15) is 40.7 Å². The van der Waals surface area contributed by atoms with Crippen LogP contribution in [0.2, 0.25) is 0 Å². The van der Waals surface area contributed by atoms with Gasteiger partial charge in [-0.3, -0.25) is 24.6 Å². The summed E-state index contributed by atoms with van der Waals surface area (Å²) < 4.78 is 6.01. The van der Waals surface area contributed by atoms with Gasteiger partial charge in [-0.1, -0.05) is 12.1 Å². The molecule has 5 rings (SSSR count). The summed E-state index contributed by atoms with van der Waals surface area (Å²) >= 11 is 0. The molecule has 0 aromatic heterocycles. The van der Waals surface area contributed by atoms with Crippen molar-refractivity contribution in [2.24, 2.45) is 11.7 Å². The van der Waals surface area contributed by atoms with E-state index in [1.165, 1.54) is 0 Å². The Kier molecular flexibility index (Phi) is 4.45. The van der Waals surface area contributed by atoms with Crippen LogP contribution in [0.5, 0.6) is 0 Å². The lowest BCUT2D eigenvalue weighted by molar-refractivity contribution is -0.136. The highest BCUT2D eigenvalue weighted by molar-refractivity contribution is 6.05. The maximum Gasteiger partial charge on any atom is 0.255 e. The highest BCUT2D eigenvalue weighted by atomic mass is 16.5. The quantitative estimate of drug-likeness (QED) is 0.692. The average molecular weight is 398 g/mol. The molecular formula is C21H26N4O4. The van der Waals surface area contributed by atoms with Crippen LogP contribution in [-0.4, -0.2) is 65.4 Å². The Labute approximate surface area is 169 Å². The number of fused-ring (bicyclic) bond motifs is 2. The molecule has 3 atom stereocenters. The zero-order valence-corrected chi connectivity index (χ0v) is 16.4. The lowest BCUT2D eigenvalue weighted by Crippen LogP contribution is -2.52. The number of nitrogens with zero attached hydrogens (tertiary/aromatic N) is 2. The van der Waals surface area contributed by atoms with E-state index in [4.69, 9.17) is 10.5 Å². The van der Waals surface area contributed by atoms with Crippen LogP contribution in [0, 0.1) is 5.92 Å². The van der Waals surface area contributed by atoms with Crippen LogP contribution in [0.4, 0.5) is 0 Å². The number of carbonyl (C=O) groups excluding carboxylic acids is 3. The van der Waals surface area contributed by atoms with Gasteiger partial charge in [-0.05, 0) is 30.0 Å². The van der Waals surface area contributed by atoms with Crippen molar-refractivity contribution < 1.29 is 19.1 Å². The topological polar surface area (TPSA) is 105 Å². The van der Waals surface area contributed by atoms with E-state index in [1.54, 1.807) is 4.90 Å². The van der Waals surface area contributed by atoms with Gasteiger partial charge in [0.15, 0.2) is 0 Å². The first-order chi connectivity index (χ1) is 14.0. The highest BCUT2D eigenvalue weighted by Gasteiger charge is 2.50. The number of amides is 3. The fourth-order valence-corrected chi connectivity index (χ4v) is 5.42. The molecule has 0 bridgehead atoms. The molecule has 8 nitrogen and oxygen atoms in total. The van der Waals surface area contributed by atoms with Gasteiger partial charge in [0, 0.05) is 57.2 Å². The van der Waals surface area contributed by atoms with E-state index in [2.05, 4.69) is 16.3 Å². The average Bonchev–Trinajstić information content (AvgIpc) is 3.34. The van der Waals surface area contributed by atoms with Crippen LogP contribution >= 0.6 is 0 Å². The first kappa shape index (κ1) is 18.7. The molecule has 0 radical (unpaired) electrons. The third-order valence-electron chi connectivity index (χ3n) is 6.99. The van der Waals surface area contributed by atoms with Gasteiger partial charge < -0.3 is 15.4 Å². The zero-order chi connectivity index (χ0) is 20.2. The standard InChI is InChI=1S/C21H26N4O4/c22-11-21-12-24(9-14(21)6-7-29-21)8-13-2-1-3-15-16(13)10-25(20(15)28)17-4-5-18(26)23-19(17)27/h1-3,14,17H,4-12,22H2,(H,23,26,27)/t14-,17?,21+/m1/s1. The highest BCUT2D eigenvalue weighted by Crippen LogP contribution is 2.39. The van der Waals surface area contributed by atoms with Crippen molar-refractivity contribution in [2.75, 3.05) is 26.2 Å². The normalized spacial score (nSPS) is 31.9. The van der Waals surface area contributed by atoms with Crippen LogP contribution in [0.15, 0.2) is 18.2 Å². The number of imide groups is 1. The van der Waals surface area contributed by atoms with Gasteiger partial charge in [0.25, 0.3) is 5.91 Å². The van der Waals surface area contributed by atoms with Gasteiger partial charge >= 0.3 is 0 Å². The SMILES string of the molecule is NC[C@]12CN(Cc3cccc4c3CN(C3CCC(=O)NC3=O)C4=O)C[C@H]1CCO2. The van der Waals surface area contributed by atoms with Gasteiger partial charge in [-0.15, -0.1) is 0 Å². The zero-order valence-electron chi connectivity index (χ0n) is 16.4. The summed E-state index contributed by atoms with van der Waals surface area (Å²) in [5, 5.41) is 2.35. The van der Waals surface area contributed by atoms with Crippen molar-refractivity contribution in [1.82, 2.24) is 15.1 Å². The molecule has 3 fully saturated rings. The molecule has 1 aromatic rings. The number of rotatable bonds is 4. The first-order valence-electron chi connectivity index (χ1n) is 10.3. The number of hydrogen-bond acceptors (Lipinski definition) is 6. The van der Waals surface area contributed by atoms with Crippen molar-refractivity contribution in [3.8, 4) is 0 Å². The third kappa shape index (κ3) is 2.97. The maximum atomic E-state index is 13.0. The van der Waals surface area contributed by atoms with Crippen molar-refractivity contribution >= 4 is 17.7 Å².